The van der Waals surface area contributed by atoms with Gasteiger partial charge in [-0.15, -0.1) is 0 Å². The molecule has 0 bridgehead atoms. The molecule has 0 aliphatic carbocycles. The molecular formula is C24H40N2O. The normalized spacial score (nSPS) is 17.0. The first-order valence-electron chi connectivity index (χ1n) is 11.4. The summed E-state index contributed by atoms with van der Waals surface area (Å²) >= 11 is 0. The van der Waals surface area contributed by atoms with E-state index in [-0.39, 0.29) is 6.04 Å². The number of unbranched alkanes of at least 4 members (excludes halogenated alkanes) is 8. The minimum Gasteiger partial charge on any atom is -0.336 e. The fourth-order valence-electron chi connectivity index (χ4n) is 4.19. The second-order valence-electron chi connectivity index (χ2n) is 8.65. The van der Waals surface area contributed by atoms with Gasteiger partial charge in [0, 0.05) is 25.4 Å². The van der Waals surface area contributed by atoms with Gasteiger partial charge >= 0.3 is 0 Å². The molecule has 1 aliphatic heterocycles. The van der Waals surface area contributed by atoms with Crippen LogP contribution in [0.2, 0.25) is 0 Å². The molecule has 152 valence electrons. The summed E-state index contributed by atoms with van der Waals surface area (Å²) in [6, 6.07) is 4.33. The van der Waals surface area contributed by atoms with Crippen LogP contribution in [0.4, 0.5) is 0 Å². The number of rotatable bonds is 13. The summed E-state index contributed by atoms with van der Waals surface area (Å²) in [6.07, 6.45) is 19.8. The zero-order valence-corrected chi connectivity index (χ0v) is 17.7. The molecule has 0 radical (unpaired) electrons. The largest absolute Gasteiger partial charge is 0.336 e. The van der Waals surface area contributed by atoms with Crippen LogP contribution in [0.3, 0.4) is 0 Å². The molecule has 1 aliphatic rings. The van der Waals surface area contributed by atoms with E-state index in [2.05, 4.69) is 29.8 Å². The molecule has 1 aromatic rings. The minimum absolute atomic E-state index is 0.252. The topological polar surface area (TPSA) is 33.2 Å². The third-order valence-corrected chi connectivity index (χ3v) is 5.81. The van der Waals surface area contributed by atoms with E-state index in [1.54, 1.807) is 6.20 Å². The van der Waals surface area contributed by atoms with Crippen molar-refractivity contribution < 1.29 is 4.79 Å². The quantitative estimate of drug-likeness (QED) is 0.361. The summed E-state index contributed by atoms with van der Waals surface area (Å²) in [6.45, 7) is 5.54. The number of aromatic nitrogens is 1. The average molecular weight is 373 g/mol. The maximum atomic E-state index is 12.6. The molecule has 0 N–H and O–H groups in total. The first-order valence-corrected chi connectivity index (χ1v) is 11.4. The molecule has 2 heterocycles. The summed E-state index contributed by atoms with van der Waals surface area (Å²) in [4.78, 5) is 18.9. The lowest BCUT2D eigenvalue weighted by molar-refractivity contribution is -0.132. The summed E-state index contributed by atoms with van der Waals surface area (Å²) in [5.41, 5.74) is 1.19. The standard InChI is InChI=1S/C24H40N2O/c1-21(2)14-10-8-6-4-3-5-7-9-11-17-24(27)26-19-13-16-23(26)22-15-12-18-25-20-22/h12,15,18,20-21,23H,3-11,13-14,16-17,19H2,1-2H3. The van der Waals surface area contributed by atoms with Crippen LogP contribution < -0.4 is 0 Å². The van der Waals surface area contributed by atoms with Crippen LogP contribution in [0.25, 0.3) is 0 Å². The molecule has 27 heavy (non-hydrogen) atoms. The van der Waals surface area contributed by atoms with Gasteiger partial charge in [-0.2, -0.15) is 0 Å². The number of hydrogen-bond acceptors (Lipinski definition) is 2. The Balaban J connectivity index is 1.50. The number of pyridine rings is 1. The van der Waals surface area contributed by atoms with Crippen LogP contribution in [0.1, 0.15) is 109 Å². The molecule has 1 fully saturated rings. The highest BCUT2D eigenvalue weighted by atomic mass is 16.2. The Morgan fingerprint density at radius 3 is 2.37 bits per heavy atom. The monoisotopic (exact) mass is 372 g/mol. The van der Waals surface area contributed by atoms with Gasteiger partial charge in [0.15, 0.2) is 0 Å². The summed E-state index contributed by atoms with van der Waals surface area (Å²) in [5.74, 6) is 1.19. The van der Waals surface area contributed by atoms with E-state index in [0.717, 1.165) is 31.7 Å². The van der Waals surface area contributed by atoms with Crippen molar-refractivity contribution in [3.05, 3.63) is 30.1 Å². The van der Waals surface area contributed by atoms with Gasteiger partial charge in [0.05, 0.1) is 6.04 Å². The first kappa shape index (κ1) is 21.9. The van der Waals surface area contributed by atoms with E-state index in [0.29, 0.717) is 12.3 Å². The van der Waals surface area contributed by atoms with E-state index < -0.39 is 0 Å². The van der Waals surface area contributed by atoms with Crippen molar-refractivity contribution in [3.8, 4) is 0 Å². The van der Waals surface area contributed by atoms with Crippen LogP contribution in [0.15, 0.2) is 24.5 Å². The molecule has 2 rings (SSSR count). The molecule has 1 atom stereocenters. The van der Waals surface area contributed by atoms with Crippen LogP contribution in [0.5, 0.6) is 0 Å². The fourth-order valence-corrected chi connectivity index (χ4v) is 4.19. The first-order chi connectivity index (χ1) is 13.2. The van der Waals surface area contributed by atoms with Crippen molar-refractivity contribution in [1.29, 1.82) is 0 Å². The molecule has 1 amide bonds. The van der Waals surface area contributed by atoms with Gasteiger partial charge in [-0.3, -0.25) is 9.78 Å². The Bertz CT molecular complexity index is 514. The molecule has 0 saturated carbocycles. The molecule has 1 saturated heterocycles. The van der Waals surface area contributed by atoms with Crippen molar-refractivity contribution in [3.63, 3.8) is 0 Å². The number of likely N-dealkylation sites (tertiary alicyclic amines) is 1. The Kier molecular flexibility index (Phi) is 10.5. The van der Waals surface area contributed by atoms with Crippen molar-refractivity contribution in [1.82, 2.24) is 9.88 Å². The third-order valence-electron chi connectivity index (χ3n) is 5.81. The lowest BCUT2D eigenvalue weighted by Crippen LogP contribution is -2.30. The molecule has 1 aromatic heterocycles. The van der Waals surface area contributed by atoms with Gasteiger partial charge in [0.2, 0.25) is 5.91 Å². The summed E-state index contributed by atoms with van der Waals surface area (Å²) in [7, 11) is 0. The predicted octanol–water partition coefficient (Wildman–Crippen LogP) is 6.69. The van der Waals surface area contributed by atoms with Crippen molar-refractivity contribution >= 4 is 5.91 Å². The highest BCUT2D eigenvalue weighted by Crippen LogP contribution is 2.32. The third kappa shape index (κ3) is 8.45. The van der Waals surface area contributed by atoms with Gasteiger partial charge in [-0.05, 0) is 36.8 Å². The lowest BCUT2D eigenvalue weighted by Gasteiger charge is -2.25. The Morgan fingerprint density at radius 1 is 1.07 bits per heavy atom. The molecular weight excluding hydrogens is 332 g/mol. The van der Waals surface area contributed by atoms with Crippen LogP contribution in [-0.4, -0.2) is 22.3 Å². The molecule has 3 heteroatoms. The van der Waals surface area contributed by atoms with Crippen molar-refractivity contribution in [2.75, 3.05) is 6.54 Å². The lowest BCUT2D eigenvalue weighted by atomic mass is 10.0. The molecule has 0 spiro atoms. The zero-order chi connectivity index (χ0) is 19.3. The van der Waals surface area contributed by atoms with E-state index in [1.165, 1.54) is 63.4 Å². The Labute approximate surface area is 167 Å². The second kappa shape index (κ2) is 12.9. The summed E-state index contributed by atoms with van der Waals surface area (Å²) in [5, 5.41) is 0. The number of amides is 1. The number of carbonyl (C=O) groups is 1. The van der Waals surface area contributed by atoms with Crippen LogP contribution in [-0.2, 0) is 4.79 Å². The van der Waals surface area contributed by atoms with Crippen LogP contribution >= 0.6 is 0 Å². The summed E-state index contributed by atoms with van der Waals surface area (Å²) < 4.78 is 0. The van der Waals surface area contributed by atoms with E-state index in [1.807, 2.05) is 12.3 Å². The molecule has 1 unspecified atom stereocenters. The van der Waals surface area contributed by atoms with Crippen molar-refractivity contribution in [2.45, 2.75) is 103 Å². The van der Waals surface area contributed by atoms with Gasteiger partial charge < -0.3 is 4.90 Å². The van der Waals surface area contributed by atoms with Gasteiger partial charge in [0.25, 0.3) is 0 Å². The fraction of sp³-hybridized carbons (Fsp3) is 0.750. The maximum absolute atomic E-state index is 12.6. The SMILES string of the molecule is CC(C)CCCCCCCCCCCC(=O)N1CCCC1c1cccnc1. The van der Waals surface area contributed by atoms with Crippen molar-refractivity contribution in [2.24, 2.45) is 5.92 Å². The van der Waals surface area contributed by atoms with E-state index in [4.69, 9.17) is 0 Å². The number of hydrogen-bond donors (Lipinski definition) is 0. The Hall–Kier alpha value is -1.38. The predicted molar refractivity (Wildman–Crippen MR) is 114 cm³/mol. The van der Waals surface area contributed by atoms with Gasteiger partial charge in [-0.25, -0.2) is 0 Å². The van der Waals surface area contributed by atoms with Gasteiger partial charge in [0.1, 0.15) is 0 Å². The van der Waals surface area contributed by atoms with Gasteiger partial charge in [-0.1, -0.05) is 77.7 Å². The number of nitrogens with zero attached hydrogens (tertiary/aromatic N) is 2. The maximum Gasteiger partial charge on any atom is 0.223 e. The van der Waals surface area contributed by atoms with E-state index in [9.17, 15) is 4.79 Å². The minimum atomic E-state index is 0.252. The molecule has 0 aromatic carbocycles. The number of carbonyl (C=O) groups excluding carboxylic acids is 1. The van der Waals surface area contributed by atoms with Crippen LogP contribution in [0, 0.1) is 5.92 Å². The second-order valence-corrected chi connectivity index (χ2v) is 8.65. The molecule has 3 nitrogen and oxygen atoms in total. The van der Waals surface area contributed by atoms with E-state index >= 15 is 0 Å². The Morgan fingerprint density at radius 2 is 1.74 bits per heavy atom. The average Bonchev–Trinajstić information content (AvgIpc) is 3.16. The highest BCUT2D eigenvalue weighted by Gasteiger charge is 2.29. The highest BCUT2D eigenvalue weighted by molar-refractivity contribution is 5.77. The zero-order valence-electron chi connectivity index (χ0n) is 17.7. The smallest absolute Gasteiger partial charge is 0.223 e.